The summed E-state index contributed by atoms with van der Waals surface area (Å²) in [6.07, 6.45) is 2.80. The summed E-state index contributed by atoms with van der Waals surface area (Å²) in [4.78, 5) is 33.7. The Hall–Kier alpha value is -3.55. The molecule has 2 heterocycles. The summed E-state index contributed by atoms with van der Waals surface area (Å²) >= 11 is 0. The third-order valence-electron chi connectivity index (χ3n) is 6.23. The number of methoxy groups -OCH3 is 2. The number of imidazole rings is 1. The maximum atomic E-state index is 13.9. The molecule has 0 N–H and O–H groups in total. The van der Waals surface area contributed by atoms with Crippen molar-refractivity contribution in [2.75, 3.05) is 32.3 Å². The van der Waals surface area contributed by atoms with Gasteiger partial charge in [-0.05, 0) is 43.7 Å². The molecule has 2 aromatic carbocycles. The zero-order valence-corrected chi connectivity index (χ0v) is 20.1. The van der Waals surface area contributed by atoms with E-state index in [0.29, 0.717) is 29.6 Å². The van der Waals surface area contributed by atoms with Gasteiger partial charge in [0.25, 0.3) is 0 Å². The standard InChI is InChI=1S/C26H31N3O5/c1-5-7-10-15-28-24(30)22(25(31)34-6-2)23(18-16-17(32-3)13-14-21(18)33-4)29-20-12-9-8-11-19(20)27-26(28)29/h8-9,11-14,16,22-23H,5-7,10,15H2,1-4H3. The van der Waals surface area contributed by atoms with E-state index >= 15 is 0 Å². The lowest BCUT2D eigenvalue weighted by Crippen LogP contribution is -2.50. The van der Waals surface area contributed by atoms with E-state index in [0.717, 1.165) is 30.3 Å². The number of hydrogen-bond donors (Lipinski definition) is 0. The average Bonchev–Trinajstić information content (AvgIpc) is 3.23. The number of fused-ring (bicyclic) bond motifs is 3. The van der Waals surface area contributed by atoms with Crippen molar-refractivity contribution in [2.24, 2.45) is 5.92 Å². The van der Waals surface area contributed by atoms with Gasteiger partial charge in [-0.2, -0.15) is 0 Å². The fourth-order valence-electron chi connectivity index (χ4n) is 4.63. The zero-order chi connectivity index (χ0) is 24.2. The van der Waals surface area contributed by atoms with Gasteiger partial charge in [0.2, 0.25) is 11.9 Å². The van der Waals surface area contributed by atoms with Crippen LogP contribution in [0, 0.1) is 5.92 Å². The van der Waals surface area contributed by atoms with Gasteiger partial charge in [-0.1, -0.05) is 31.9 Å². The Bertz CT molecular complexity index is 1190. The number of benzene rings is 2. The lowest BCUT2D eigenvalue weighted by atomic mass is 9.88. The molecule has 8 nitrogen and oxygen atoms in total. The highest BCUT2D eigenvalue weighted by Crippen LogP contribution is 2.44. The third kappa shape index (κ3) is 4.08. The highest BCUT2D eigenvalue weighted by Gasteiger charge is 2.48. The van der Waals surface area contributed by atoms with Gasteiger partial charge in [-0.15, -0.1) is 0 Å². The molecular weight excluding hydrogens is 434 g/mol. The first kappa shape index (κ1) is 23.6. The van der Waals surface area contributed by atoms with Crippen molar-refractivity contribution >= 4 is 28.9 Å². The topological polar surface area (TPSA) is 82.9 Å². The molecule has 0 radical (unpaired) electrons. The third-order valence-corrected chi connectivity index (χ3v) is 6.23. The largest absolute Gasteiger partial charge is 0.497 e. The maximum absolute atomic E-state index is 13.9. The number of esters is 1. The molecule has 1 aliphatic rings. The van der Waals surface area contributed by atoms with Gasteiger partial charge in [0.15, 0.2) is 5.92 Å². The van der Waals surface area contributed by atoms with Crippen LogP contribution in [0.3, 0.4) is 0 Å². The zero-order valence-electron chi connectivity index (χ0n) is 20.1. The van der Waals surface area contributed by atoms with Crippen LogP contribution in [0.15, 0.2) is 42.5 Å². The van der Waals surface area contributed by atoms with Gasteiger partial charge < -0.3 is 18.8 Å². The SMILES string of the molecule is CCCCCN1C(=O)C(C(=O)OCC)C(c2cc(OC)ccc2OC)n2c1nc1ccccc12. The molecule has 4 rings (SSSR count). The van der Waals surface area contributed by atoms with Gasteiger partial charge in [0.05, 0.1) is 37.9 Å². The van der Waals surface area contributed by atoms with E-state index in [2.05, 4.69) is 6.92 Å². The minimum Gasteiger partial charge on any atom is -0.497 e. The molecule has 34 heavy (non-hydrogen) atoms. The van der Waals surface area contributed by atoms with Crippen molar-refractivity contribution in [2.45, 2.75) is 39.2 Å². The second-order valence-corrected chi connectivity index (χ2v) is 8.25. The lowest BCUT2D eigenvalue weighted by molar-refractivity contribution is -0.153. The van der Waals surface area contributed by atoms with E-state index in [1.54, 1.807) is 38.2 Å². The van der Waals surface area contributed by atoms with E-state index in [9.17, 15) is 9.59 Å². The monoisotopic (exact) mass is 465 g/mol. The van der Waals surface area contributed by atoms with Crippen molar-refractivity contribution in [3.63, 3.8) is 0 Å². The van der Waals surface area contributed by atoms with E-state index < -0.39 is 17.9 Å². The molecule has 0 fully saturated rings. The molecule has 180 valence electrons. The van der Waals surface area contributed by atoms with Gasteiger partial charge in [-0.25, -0.2) is 4.98 Å². The molecule has 8 heteroatoms. The van der Waals surface area contributed by atoms with E-state index in [-0.39, 0.29) is 12.5 Å². The van der Waals surface area contributed by atoms with Crippen molar-refractivity contribution in [3.05, 3.63) is 48.0 Å². The second-order valence-electron chi connectivity index (χ2n) is 8.25. The molecule has 2 unspecified atom stereocenters. The summed E-state index contributed by atoms with van der Waals surface area (Å²) in [5.41, 5.74) is 2.24. The number of hydrogen-bond acceptors (Lipinski definition) is 6. The molecule has 1 aromatic heterocycles. The van der Waals surface area contributed by atoms with E-state index in [4.69, 9.17) is 19.2 Å². The van der Waals surface area contributed by atoms with Crippen LogP contribution in [0.1, 0.15) is 44.7 Å². The molecule has 2 atom stereocenters. The Morgan fingerprint density at radius 3 is 2.56 bits per heavy atom. The normalized spacial score (nSPS) is 17.5. The smallest absolute Gasteiger partial charge is 0.321 e. The molecular formula is C26H31N3O5. The van der Waals surface area contributed by atoms with Crippen LogP contribution < -0.4 is 14.4 Å². The van der Waals surface area contributed by atoms with Crippen LogP contribution in [-0.2, 0) is 14.3 Å². The van der Waals surface area contributed by atoms with Crippen LogP contribution in [0.4, 0.5) is 5.95 Å². The van der Waals surface area contributed by atoms with Crippen molar-refractivity contribution in [1.29, 1.82) is 0 Å². The highest BCUT2D eigenvalue weighted by molar-refractivity contribution is 6.08. The number of amides is 1. The van der Waals surface area contributed by atoms with Crippen LogP contribution >= 0.6 is 0 Å². The number of para-hydroxylation sites is 2. The minimum atomic E-state index is -1.09. The van der Waals surface area contributed by atoms with Crippen LogP contribution in [-0.4, -0.2) is 48.8 Å². The number of nitrogens with zero attached hydrogens (tertiary/aromatic N) is 3. The molecule has 1 amide bonds. The minimum absolute atomic E-state index is 0.179. The molecule has 3 aromatic rings. The molecule has 0 saturated carbocycles. The van der Waals surface area contributed by atoms with Gasteiger partial charge in [-0.3, -0.25) is 14.5 Å². The Labute approximate surface area is 199 Å². The molecule has 0 saturated heterocycles. The Kier molecular flexibility index (Phi) is 7.05. The summed E-state index contributed by atoms with van der Waals surface area (Å²) in [6.45, 7) is 4.51. The fraction of sp³-hybridized carbons (Fsp3) is 0.423. The first-order valence-corrected chi connectivity index (χ1v) is 11.7. The molecule has 0 bridgehead atoms. The van der Waals surface area contributed by atoms with Gasteiger partial charge >= 0.3 is 5.97 Å². The number of rotatable bonds is 9. The van der Waals surface area contributed by atoms with Crippen molar-refractivity contribution < 1.29 is 23.8 Å². The first-order chi connectivity index (χ1) is 16.5. The number of unbranched alkanes of at least 4 members (excludes halogenated alkanes) is 2. The Balaban J connectivity index is 2.00. The summed E-state index contributed by atoms with van der Waals surface area (Å²) in [5.74, 6) is -0.290. The number of carbonyl (C=O) groups is 2. The van der Waals surface area contributed by atoms with Crippen LogP contribution in [0.5, 0.6) is 11.5 Å². The predicted molar refractivity (Wildman–Crippen MR) is 129 cm³/mol. The lowest BCUT2D eigenvalue weighted by Gasteiger charge is -2.38. The summed E-state index contributed by atoms with van der Waals surface area (Å²) < 4.78 is 18.5. The van der Waals surface area contributed by atoms with Crippen molar-refractivity contribution in [3.8, 4) is 11.5 Å². The maximum Gasteiger partial charge on any atom is 0.321 e. The van der Waals surface area contributed by atoms with Crippen LogP contribution in [0.25, 0.3) is 11.0 Å². The fourth-order valence-corrected chi connectivity index (χ4v) is 4.63. The number of ether oxygens (including phenoxy) is 3. The molecule has 0 spiro atoms. The Morgan fingerprint density at radius 1 is 1.06 bits per heavy atom. The highest BCUT2D eigenvalue weighted by atomic mass is 16.5. The van der Waals surface area contributed by atoms with E-state index in [1.165, 1.54) is 0 Å². The van der Waals surface area contributed by atoms with E-state index in [1.807, 2.05) is 34.9 Å². The summed E-state index contributed by atoms with van der Waals surface area (Å²) in [5, 5.41) is 0. The predicted octanol–water partition coefficient (Wildman–Crippen LogP) is 4.36. The van der Waals surface area contributed by atoms with Crippen LogP contribution in [0.2, 0.25) is 0 Å². The Morgan fingerprint density at radius 2 is 1.85 bits per heavy atom. The number of carbonyl (C=O) groups excluding carboxylic acids is 2. The van der Waals surface area contributed by atoms with Crippen molar-refractivity contribution in [1.82, 2.24) is 9.55 Å². The average molecular weight is 466 g/mol. The number of anilines is 1. The van der Waals surface area contributed by atoms with Gasteiger partial charge in [0.1, 0.15) is 11.5 Å². The summed E-state index contributed by atoms with van der Waals surface area (Å²) in [6, 6.07) is 12.4. The summed E-state index contributed by atoms with van der Waals surface area (Å²) in [7, 11) is 3.15. The first-order valence-electron chi connectivity index (χ1n) is 11.7. The number of aromatic nitrogens is 2. The molecule has 0 aliphatic carbocycles. The second kappa shape index (κ2) is 10.2. The van der Waals surface area contributed by atoms with Gasteiger partial charge in [0, 0.05) is 12.1 Å². The quantitative estimate of drug-likeness (QED) is 0.265. The molecule has 1 aliphatic heterocycles.